The Morgan fingerprint density at radius 2 is 1.79 bits per heavy atom. The molecule has 0 aliphatic carbocycles. The minimum absolute atomic E-state index is 0. The van der Waals surface area contributed by atoms with Gasteiger partial charge in [-0.25, -0.2) is 9.37 Å². The molecule has 8 nitrogen and oxygen atoms in total. The fourth-order valence-electron chi connectivity index (χ4n) is 3.02. The Labute approximate surface area is 186 Å². The van der Waals surface area contributed by atoms with Crippen LogP contribution in [0, 0.1) is 5.82 Å². The van der Waals surface area contributed by atoms with Gasteiger partial charge in [-0.1, -0.05) is 0 Å². The predicted octanol–water partition coefficient (Wildman–Crippen LogP) is 1.36. The molecular weight excluding hydrogens is 488 g/mol. The molecule has 1 amide bonds. The number of nitrogens with one attached hydrogen (secondary N) is 2. The molecule has 0 atom stereocenters. The number of carbonyl (C=O) groups excluding carboxylic acids is 1. The second-order valence-corrected chi connectivity index (χ2v) is 6.27. The van der Waals surface area contributed by atoms with E-state index in [9.17, 15) is 9.18 Å². The number of carbonyl (C=O) groups is 1. The van der Waals surface area contributed by atoms with Crippen LogP contribution < -0.4 is 15.5 Å². The van der Waals surface area contributed by atoms with Crippen molar-refractivity contribution in [3.8, 4) is 0 Å². The highest BCUT2D eigenvalue weighted by Crippen LogP contribution is 2.16. The van der Waals surface area contributed by atoms with Gasteiger partial charge in [-0.2, -0.15) is 0 Å². The van der Waals surface area contributed by atoms with E-state index < -0.39 is 0 Å². The maximum absolute atomic E-state index is 13.1. The summed E-state index contributed by atoms with van der Waals surface area (Å²) < 4.78 is 13.1. The summed E-state index contributed by atoms with van der Waals surface area (Å²) in [6, 6.07) is 6.57. The molecular formula is C19H25FIN7O. The lowest BCUT2D eigenvalue weighted by molar-refractivity contribution is 0.0949. The third-order valence-corrected chi connectivity index (χ3v) is 4.47. The van der Waals surface area contributed by atoms with E-state index in [1.807, 2.05) is 0 Å². The number of piperazine rings is 1. The first-order chi connectivity index (χ1) is 13.7. The van der Waals surface area contributed by atoms with Gasteiger partial charge in [0.05, 0.1) is 6.20 Å². The van der Waals surface area contributed by atoms with E-state index in [-0.39, 0.29) is 35.7 Å². The number of hydrogen-bond acceptors (Lipinski definition) is 5. The topological polar surface area (TPSA) is 85.7 Å². The summed E-state index contributed by atoms with van der Waals surface area (Å²) >= 11 is 0. The maximum Gasteiger partial charge on any atom is 0.271 e. The lowest BCUT2D eigenvalue weighted by Gasteiger charge is -2.37. The summed E-state index contributed by atoms with van der Waals surface area (Å²) in [4.78, 5) is 28.5. The smallest absolute Gasteiger partial charge is 0.271 e. The van der Waals surface area contributed by atoms with Crippen LogP contribution >= 0.6 is 24.0 Å². The van der Waals surface area contributed by atoms with E-state index in [0.717, 1.165) is 37.8 Å². The van der Waals surface area contributed by atoms with Crippen LogP contribution in [-0.2, 0) is 0 Å². The first kappa shape index (κ1) is 22.8. The lowest BCUT2D eigenvalue weighted by atomic mass is 10.2. The predicted molar refractivity (Wildman–Crippen MR) is 121 cm³/mol. The van der Waals surface area contributed by atoms with Crippen LogP contribution in [0.1, 0.15) is 10.5 Å². The van der Waals surface area contributed by atoms with Crippen molar-refractivity contribution in [2.75, 3.05) is 51.2 Å². The Balaban J connectivity index is 0.00000300. The second kappa shape index (κ2) is 11.5. The molecule has 2 heterocycles. The summed E-state index contributed by atoms with van der Waals surface area (Å²) in [7, 11) is 1.74. The molecule has 0 radical (unpaired) electrons. The number of amides is 1. The van der Waals surface area contributed by atoms with Crippen molar-refractivity contribution in [1.82, 2.24) is 25.5 Å². The monoisotopic (exact) mass is 513 g/mol. The van der Waals surface area contributed by atoms with Crippen LogP contribution in [0.3, 0.4) is 0 Å². The maximum atomic E-state index is 13.1. The summed E-state index contributed by atoms with van der Waals surface area (Å²) in [5, 5.41) is 6.06. The largest absolute Gasteiger partial charge is 0.368 e. The molecule has 3 rings (SSSR count). The van der Waals surface area contributed by atoms with Crippen LogP contribution in [0.5, 0.6) is 0 Å². The zero-order valence-electron chi connectivity index (χ0n) is 16.2. The van der Waals surface area contributed by atoms with Crippen LogP contribution in [0.4, 0.5) is 10.1 Å². The third kappa shape index (κ3) is 6.51. The molecule has 0 bridgehead atoms. The molecule has 2 N–H and O–H groups in total. The molecule has 1 aromatic carbocycles. The molecule has 0 unspecified atom stereocenters. The number of hydrogen-bond donors (Lipinski definition) is 2. The molecule has 1 aliphatic heterocycles. The van der Waals surface area contributed by atoms with Crippen molar-refractivity contribution in [1.29, 1.82) is 0 Å². The van der Waals surface area contributed by atoms with Gasteiger partial charge in [0.2, 0.25) is 0 Å². The highest BCUT2D eigenvalue weighted by atomic mass is 127. The first-order valence-corrected chi connectivity index (χ1v) is 9.17. The van der Waals surface area contributed by atoms with Crippen molar-refractivity contribution < 1.29 is 9.18 Å². The Bertz CT molecular complexity index is 796. The van der Waals surface area contributed by atoms with E-state index in [1.165, 1.54) is 30.7 Å². The van der Waals surface area contributed by atoms with Crippen molar-refractivity contribution in [2.45, 2.75) is 0 Å². The van der Waals surface area contributed by atoms with Crippen LogP contribution in [0.2, 0.25) is 0 Å². The van der Waals surface area contributed by atoms with Gasteiger partial charge in [-0.15, -0.1) is 24.0 Å². The molecule has 2 aromatic rings. The van der Waals surface area contributed by atoms with E-state index in [2.05, 4.69) is 35.4 Å². The Morgan fingerprint density at radius 3 is 2.41 bits per heavy atom. The number of benzene rings is 1. The first-order valence-electron chi connectivity index (χ1n) is 9.17. The standard InChI is InChI=1S/C19H24FN7O.HI/c1-21-19(25-9-8-24-18(28)17-14-22-6-7-23-17)27-12-10-26(11-13-27)16-4-2-15(20)3-5-16;/h2-7,14H,8-13H2,1H3,(H,21,25)(H,24,28);1H. The van der Waals surface area contributed by atoms with Gasteiger partial charge in [0, 0.05) is 64.4 Å². The minimum Gasteiger partial charge on any atom is -0.368 e. The molecule has 1 fully saturated rings. The van der Waals surface area contributed by atoms with E-state index in [4.69, 9.17) is 0 Å². The van der Waals surface area contributed by atoms with E-state index in [1.54, 1.807) is 19.2 Å². The van der Waals surface area contributed by atoms with Gasteiger partial charge in [0.1, 0.15) is 11.5 Å². The van der Waals surface area contributed by atoms with Crippen molar-refractivity contribution >= 4 is 41.5 Å². The number of nitrogens with zero attached hydrogens (tertiary/aromatic N) is 5. The normalized spacial score (nSPS) is 14.2. The van der Waals surface area contributed by atoms with Gasteiger partial charge in [-0.05, 0) is 24.3 Å². The number of anilines is 1. The molecule has 0 saturated carbocycles. The van der Waals surface area contributed by atoms with Gasteiger partial charge in [0.25, 0.3) is 5.91 Å². The number of halogens is 2. The molecule has 29 heavy (non-hydrogen) atoms. The molecule has 1 aliphatic rings. The van der Waals surface area contributed by atoms with Gasteiger partial charge in [0.15, 0.2) is 5.96 Å². The fraction of sp³-hybridized carbons (Fsp3) is 0.368. The third-order valence-electron chi connectivity index (χ3n) is 4.47. The quantitative estimate of drug-likeness (QED) is 0.272. The number of rotatable bonds is 5. The average Bonchev–Trinajstić information content (AvgIpc) is 2.75. The van der Waals surface area contributed by atoms with Crippen LogP contribution in [-0.4, -0.2) is 73.1 Å². The van der Waals surface area contributed by atoms with Crippen LogP contribution in [0.25, 0.3) is 0 Å². The van der Waals surface area contributed by atoms with Gasteiger partial charge < -0.3 is 20.4 Å². The highest BCUT2D eigenvalue weighted by Gasteiger charge is 2.19. The molecule has 156 valence electrons. The second-order valence-electron chi connectivity index (χ2n) is 6.27. The summed E-state index contributed by atoms with van der Waals surface area (Å²) in [5.74, 6) is 0.323. The number of aromatic nitrogens is 2. The van der Waals surface area contributed by atoms with Crippen molar-refractivity contribution in [3.05, 3.63) is 54.4 Å². The Hall–Kier alpha value is -2.50. The number of guanidine groups is 1. The molecule has 0 spiro atoms. The van der Waals surface area contributed by atoms with Crippen molar-refractivity contribution in [2.24, 2.45) is 4.99 Å². The minimum atomic E-state index is -0.252. The average molecular weight is 513 g/mol. The Kier molecular flexibility index (Phi) is 9.03. The lowest BCUT2D eigenvalue weighted by Crippen LogP contribution is -2.53. The summed E-state index contributed by atoms with van der Waals surface area (Å²) in [6.07, 6.45) is 4.45. The summed E-state index contributed by atoms with van der Waals surface area (Å²) in [6.45, 7) is 4.28. The zero-order chi connectivity index (χ0) is 19.8. The fourth-order valence-corrected chi connectivity index (χ4v) is 3.02. The SMILES string of the molecule is CN=C(NCCNC(=O)c1cnccn1)N1CCN(c2ccc(F)cc2)CC1.I. The van der Waals surface area contributed by atoms with Gasteiger partial charge in [-0.3, -0.25) is 14.8 Å². The van der Waals surface area contributed by atoms with Crippen LogP contribution in [0.15, 0.2) is 47.8 Å². The summed E-state index contributed by atoms with van der Waals surface area (Å²) in [5.41, 5.74) is 1.32. The molecule has 10 heteroatoms. The highest BCUT2D eigenvalue weighted by molar-refractivity contribution is 14.0. The molecule has 1 saturated heterocycles. The zero-order valence-corrected chi connectivity index (χ0v) is 18.5. The molecule has 1 aromatic heterocycles. The van der Waals surface area contributed by atoms with Gasteiger partial charge >= 0.3 is 0 Å². The number of aliphatic imine (C=N–C) groups is 1. The van der Waals surface area contributed by atoms with E-state index >= 15 is 0 Å². The van der Waals surface area contributed by atoms with Crippen molar-refractivity contribution in [3.63, 3.8) is 0 Å². The Morgan fingerprint density at radius 1 is 1.10 bits per heavy atom. The van der Waals surface area contributed by atoms with E-state index in [0.29, 0.717) is 18.8 Å².